The fourth-order valence-electron chi connectivity index (χ4n) is 3.78. The molecule has 2 aromatic rings. The molecule has 2 heterocycles. The summed E-state index contributed by atoms with van der Waals surface area (Å²) in [6.45, 7) is 3.26. The highest BCUT2D eigenvalue weighted by atomic mass is 16.5. The minimum absolute atomic E-state index is 0.101. The van der Waals surface area contributed by atoms with Gasteiger partial charge in [-0.25, -0.2) is 4.90 Å². The van der Waals surface area contributed by atoms with Gasteiger partial charge in [0.05, 0.1) is 18.5 Å². The quantitative estimate of drug-likeness (QED) is 0.764. The van der Waals surface area contributed by atoms with Crippen molar-refractivity contribution in [2.24, 2.45) is 11.0 Å². The Morgan fingerprint density at radius 1 is 1.00 bits per heavy atom. The van der Waals surface area contributed by atoms with Gasteiger partial charge in [0.2, 0.25) is 5.91 Å². The normalized spacial score (nSPS) is 21.0. The van der Waals surface area contributed by atoms with Gasteiger partial charge in [-0.2, -0.15) is 5.10 Å². The summed E-state index contributed by atoms with van der Waals surface area (Å²) in [7, 11) is 1.48. The fourth-order valence-corrected chi connectivity index (χ4v) is 3.78. The second-order valence-electron chi connectivity index (χ2n) is 6.78. The van der Waals surface area contributed by atoms with E-state index in [9.17, 15) is 14.4 Å². The molecule has 2 aliphatic heterocycles. The van der Waals surface area contributed by atoms with Crippen molar-refractivity contribution in [1.82, 2.24) is 0 Å². The van der Waals surface area contributed by atoms with Crippen LogP contribution in [0.2, 0.25) is 0 Å². The number of para-hydroxylation sites is 3. The molecule has 7 heteroatoms. The number of ketones is 1. The van der Waals surface area contributed by atoms with Gasteiger partial charge in [-0.05, 0) is 30.7 Å². The van der Waals surface area contributed by atoms with Crippen molar-refractivity contribution in [3.63, 3.8) is 0 Å². The van der Waals surface area contributed by atoms with E-state index in [0.717, 1.165) is 10.5 Å². The zero-order valence-corrected chi connectivity index (χ0v) is 15.7. The SMILES string of the molecule is COc1ccccc1N1C(=O)[C@@H]2C(C(C)=O)=NN(c3ccccc3C)[C@@H]2C1=O. The Labute approximate surface area is 162 Å². The molecule has 0 bridgehead atoms. The molecule has 2 amide bonds. The van der Waals surface area contributed by atoms with Crippen molar-refractivity contribution in [3.05, 3.63) is 54.1 Å². The number of methoxy groups -OCH3 is 1. The highest BCUT2D eigenvalue weighted by Gasteiger charge is 2.58. The highest BCUT2D eigenvalue weighted by molar-refractivity contribution is 6.49. The van der Waals surface area contributed by atoms with Crippen molar-refractivity contribution in [2.75, 3.05) is 17.0 Å². The Balaban J connectivity index is 1.85. The van der Waals surface area contributed by atoms with Gasteiger partial charge in [-0.3, -0.25) is 19.4 Å². The van der Waals surface area contributed by atoms with E-state index in [1.807, 2.05) is 31.2 Å². The number of rotatable bonds is 4. The predicted molar refractivity (Wildman–Crippen MR) is 105 cm³/mol. The van der Waals surface area contributed by atoms with Crippen LogP contribution in [0.4, 0.5) is 11.4 Å². The van der Waals surface area contributed by atoms with Crippen molar-refractivity contribution in [1.29, 1.82) is 0 Å². The lowest BCUT2D eigenvalue weighted by Crippen LogP contribution is -2.39. The van der Waals surface area contributed by atoms with Crippen LogP contribution in [0.1, 0.15) is 12.5 Å². The van der Waals surface area contributed by atoms with Gasteiger partial charge in [0, 0.05) is 6.92 Å². The Morgan fingerprint density at radius 2 is 1.64 bits per heavy atom. The zero-order valence-electron chi connectivity index (χ0n) is 15.7. The molecule has 0 spiro atoms. The number of amides is 2. The number of aryl methyl sites for hydroxylation is 1. The first-order chi connectivity index (χ1) is 13.5. The van der Waals surface area contributed by atoms with Crippen LogP contribution < -0.4 is 14.6 Å². The molecule has 142 valence electrons. The molecule has 1 saturated heterocycles. The van der Waals surface area contributed by atoms with Gasteiger partial charge in [-0.1, -0.05) is 30.3 Å². The monoisotopic (exact) mass is 377 g/mol. The van der Waals surface area contributed by atoms with Crippen molar-refractivity contribution >= 4 is 34.7 Å². The van der Waals surface area contributed by atoms with E-state index in [2.05, 4.69) is 5.10 Å². The Bertz CT molecular complexity index is 1030. The topological polar surface area (TPSA) is 79.3 Å². The number of hydrogen-bond acceptors (Lipinski definition) is 6. The molecule has 0 N–H and O–H groups in total. The molecule has 0 saturated carbocycles. The average molecular weight is 377 g/mol. The smallest absolute Gasteiger partial charge is 0.260 e. The van der Waals surface area contributed by atoms with Gasteiger partial charge in [0.1, 0.15) is 23.4 Å². The van der Waals surface area contributed by atoms with Crippen LogP contribution >= 0.6 is 0 Å². The third-order valence-corrected chi connectivity index (χ3v) is 5.10. The van der Waals surface area contributed by atoms with Crippen LogP contribution in [-0.2, 0) is 14.4 Å². The van der Waals surface area contributed by atoms with E-state index >= 15 is 0 Å². The Hall–Kier alpha value is -3.48. The number of nitrogens with zero attached hydrogens (tertiary/aromatic N) is 3. The van der Waals surface area contributed by atoms with Crippen LogP contribution in [-0.4, -0.2) is 36.5 Å². The summed E-state index contributed by atoms with van der Waals surface area (Å²) in [6.07, 6.45) is 0. The van der Waals surface area contributed by atoms with Crippen LogP contribution in [0.15, 0.2) is 53.6 Å². The Kier molecular flexibility index (Phi) is 4.22. The second-order valence-corrected chi connectivity index (χ2v) is 6.78. The minimum atomic E-state index is -0.936. The van der Waals surface area contributed by atoms with Crippen molar-refractivity contribution in [2.45, 2.75) is 19.9 Å². The summed E-state index contributed by atoms with van der Waals surface area (Å²) < 4.78 is 5.32. The van der Waals surface area contributed by atoms with Crippen LogP contribution in [0.25, 0.3) is 0 Å². The maximum absolute atomic E-state index is 13.4. The van der Waals surface area contributed by atoms with Crippen LogP contribution in [0.3, 0.4) is 0 Å². The number of hydrazone groups is 1. The number of ether oxygens (including phenoxy) is 1. The molecule has 2 aromatic carbocycles. The first kappa shape index (κ1) is 17.9. The molecule has 2 atom stereocenters. The fraction of sp³-hybridized carbons (Fsp3) is 0.238. The van der Waals surface area contributed by atoms with Gasteiger partial charge in [0.25, 0.3) is 5.91 Å². The third-order valence-electron chi connectivity index (χ3n) is 5.10. The number of carbonyl (C=O) groups is 3. The molecule has 0 aliphatic carbocycles. The second kappa shape index (κ2) is 6.60. The lowest BCUT2D eigenvalue weighted by atomic mass is 9.95. The van der Waals surface area contributed by atoms with E-state index < -0.39 is 23.8 Å². The van der Waals surface area contributed by atoms with Gasteiger partial charge >= 0.3 is 0 Å². The standard InChI is InChI=1S/C21H19N3O4/c1-12-8-4-5-9-14(12)24-19-17(18(22-24)13(2)25)20(26)23(21(19)27)15-10-6-7-11-16(15)28-3/h4-11,17,19H,1-3H3/t17-,19+/m1/s1. The molecule has 28 heavy (non-hydrogen) atoms. The molecular formula is C21H19N3O4. The van der Waals surface area contributed by atoms with Crippen molar-refractivity contribution in [3.8, 4) is 5.75 Å². The van der Waals surface area contributed by atoms with Crippen LogP contribution in [0, 0.1) is 12.8 Å². The molecule has 0 aromatic heterocycles. The molecular weight excluding hydrogens is 358 g/mol. The lowest BCUT2D eigenvalue weighted by molar-refractivity contribution is -0.122. The third kappa shape index (κ3) is 2.51. The Morgan fingerprint density at radius 3 is 2.29 bits per heavy atom. The first-order valence-electron chi connectivity index (χ1n) is 8.91. The summed E-state index contributed by atoms with van der Waals surface area (Å²) in [5, 5.41) is 5.88. The maximum atomic E-state index is 13.4. The molecule has 0 unspecified atom stereocenters. The van der Waals surface area contributed by atoms with E-state index in [4.69, 9.17) is 4.74 Å². The van der Waals surface area contributed by atoms with Gasteiger partial charge in [-0.15, -0.1) is 0 Å². The molecule has 2 aliphatic rings. The summed E-state index contributed by atoms with van der Waals surface area (Å²) >= 11 is 0. The molecule has 7 nitrogen and oxygen atoms in total. The number of imide groups is 1. The zero-order chi connectivity index (χ0) is 20.0. The summed E-state index contributed by atoms with van der Waals surface area (Å²) in [6, 6.07) is 13.4. The van der Waals surface area contributed by atoms with E-state index in [1.54, 1.807) is 24.3 Å². The average Bonchev–Trinajstić information content (AvgIpc) is 3.19. The van der Waals surface area contributed by atoms with Gasteiger partial charge < -0.3 is 4.74 Å². The first-order valence-corrected chi connectivity index (χ1v) is 8.91. The van der Waals surface area contributed by atoms with Crippen molar-refractivity contribution < 1.29 is 19.1 Å². The molecule has 0 radical (unpaired) electrons. The lowest BCUT2D eigenvalue weighted by Gasteiger charge is -2.24. The number of Topliss-reactive ketones (excluding diaryl/α,β-unsaturated/α-hetero) is 1. The summed E-state index contributed by atoms with van der Waals surface area (Å²) in [5.41, 5.74) is 2.05. The predicted octanol–water partition coefficient (Wildman–Crippen LogP) is 2.33. The molecule has 4 rings (SSSR count). The van der Waals surface area contributed by atoms with E-state index in [0.29, 0.717) is 17.1 Å². The number of hydrogen-bond donors (Lipinski definition) is 0. The molecule has 1 fully saturated rings. The summed E-state index contributed by atoms with van der Waals surface area (Å²) in [4.78, 5) is 39.9. The van der Waals surface area contributed by atoms with Crippen LogP contribution in [0.5, 0.6) is 5.75 Å². The highest BCUT2D eigenvalue weighted by Crippen LogP contribution is 2.41. The largest absolute Gasteiger partial charge is 0.495 e. The maximum Gasteiger partial charge on any atom is 0.260 e. The number of carbonyl (C=O) groups excluding carboxylic acids is 3. The minimum Gasteiger partial charge on any atom is -0.495 e. The number of anilines is 2. The number of fused-ring (bicyclic) bond motifs is 1. The van der Waals surface area contributed by atoms with Gasteiger partial charge in [0.15, 0.2) is 5.78 Å². The summed E-state index contributed by atoms with van der Waals surface area (Å²) in [5.74, 6) is -1.75. The number of benzene rings is 2. The van der Waals surface area contributed by atoms with E-state index in [-0.39, 0.29) is 11.5 Å². The van der Waals surface area contributed by atoms with E-state index in [1.165, 1.54) is 19.0 Å².